The minimum atomic E-state index is -0.574. The van der Waals surface area contributed by atoms with Crippen LogP contribution < -0.4 is 15.5 Å². The molecule has 2 N–H and O–H groups in total. The van der Waals surface area contributed by atoms with Gasteiger partial charge in [0, 0.05) is 44.5 Å². The summed E-state index contributed by atoms with van der Waals surface area (Å²) in [6, 6.07) is 8.41. The number of hydrogen-bond donors (Lipinski definition) is 2. The number of rotatable bonds is 5. The van der Waals surface area contributed by atoms with Crippen LogP contribution in [0.5, 0.6) is 0 Å². The molecule has 132 valence electrons. The van der Waals surface area contributed by atoms with Crippen LogP contribution in [0.15, 0.2) is 24.3 Å². The molecule has 24 heavy (non-hydrogen) atoms. The predicted octanol–water partition coefficient (Wildman–Crippen LogP) is 0.622. The van der Waals surface area contributed by atoms with Crippen LogP contribution in [0, 0.1) is 0 Å². The molecule has 0 bridgehead atoms. The second-order valence-electron chi connectivity index (χ2n) is 6.59. The lowest BCUT2D eigenvalue weighted by molar-refractivity contribution is -0.139. The Labute approximate surface area is 144 Å². The maximum absolute atomic E-state index is 11.6. The number of benzene rings is 1. The van der Waals surface area contributed by atoms with Crippen molar-refractivity contribution in [1.29, 1.82) is 0 Å². The summed E-state index contributed by atoms with van der Waals surface area (Å²) in [5.41, 5.74) is 2.39. The Morgan fingerprint density at radius 3 is 2.25 bits per heavy atom. The van der Waals surface area contributed by atoms with Gasteiger partial charge in [-0.1, -0.05) is 12.1 Å². The maximum Gasteiger partial charge on any atom is 0.309 e. The van der Waals surface area contributed by atoms with Gasteiger partial charge in [-0.2, -0.15) is 0 Å². The van der Waals surface area contributed by atoms with E-state index in [4.69, 9.17) is 0 Å². The van der Waals surface area contributed by atoms with Gasteiger partial charge in [0.1, 0.15) is 0 Å². The first-order valence-electron chi connectivity index (χ1n) is 8.57. The third-order valence-electron chi connectivity index (χ3n) is 4.13. The molecular weight excluding hydrogens is 304 g/mol. The number of likely N-dealkylation sites (N-methyl/N-ethyl adjacent to an activating group) is 1. The molecular formula is C18H28N4O2. The van der Waals surface area contributed by atoms with Crippen molar-refractivity contribution in [2.45, 2.75) is 26.3 Å². The fraction of sp³-hybridized carbons (Fsp3) is 0.556. The molecule has 0 atom stereocenters. The third kappa shape index (κ3) is 5.53. The van der Waals surface area contributed by atoms with E-state index < -0.39 is 11.8 Å². The highest BCUT2D eigenvalue weighted by molar-refractivity contribution is 6.35. The summed E-state index contributed by atoms with van der Waals surface area (Å²) < 4.78 is 0. The number of hydrogen-bond acceptors (Lipinski definition) is 4. The summed E-state index contributed by atoms with van der Waals surface area (Å²) in [5, 5.41) is 5.23. The molecule has 1 fully saturated rings. The van der Waals surface area contributed by atoms with Gasteiger partial charge in [-0.25, -0.2) is 0 Å². The van der Waals surface area contributed by atoms with Crippen molar-refractivity contribution < 1.29 is 9.59 Å². The van der Waals surface area contributed by atoms with Gasteiger partial charge in [0.25, 0.3) is 0 Å². The van der Waals surface area contributed by atoms with Crippen molar-refractivity contribution in [3.8, 4) is 0 Å². The van der Waals surface area contributed by atoms with E-state index in [1.807, 2.05) is 13.8 Å². The van der Waals surface area contributed by atoms with Gasteiger partial charge >= 0.3 is 11.8 Å². The lowest BCUT2D eigenvalue weighted by Crippen LogP contribution is -2.44. The van der Waals surface area contributed by atoms with Gasteiger partial charge in [0.2, 0.25) is 0 Å². The Morgan fingerprint density at radius 2 is 1.67 bits per heavy atom. The number of piperazine rings is 1. The van der Waals surface area contributed by atoms with Crippen LogP contribution in [0.25, 0.3) is 0 Å². The van der Waals surface area contributed by atoms with E-state index in [-0.39, 0.29) is 6.04 Å². The smallest absolute Gasteiger partial charge is 0.309 e. The fourth-order valence-electron chi connectivity index (χ4n) is 2.67. The van der Waals surface area contributed by atoms with E-state index in [0.717, 1.165) is 31.7 Å². The molecule has 1 aromatic rings. The molecule has 1 aliphatic rings. The van der Waals surface area contributed by atoms with E-state index in [2.05, 4.69) is 51.7 Å². The van der Waals surface area contributed by atoms with Crippen molar-refractivity contribution in [2.24, 2.45) is 0 Å². The molecule has 0 aromatic heterocycles. The highest BCUT2D eigenvalue weighted by atomic mass is 16.2. The van der Waals surface area contributed by atoms with Crippen LogP contribution in [0.4, 0.5) is 5.69 Å². The topological polar surface area (TPSA) is 64.7 Å². The summed E-state index contributed by atoms with van der Waals surface area (Å²) in [6.07, 6.45) is 0.712. The Kier molecular flexibility index (Phi) is 6.61. The van der Waals surface area contributed by atoms with E-state index in [1.54, 1.807) is 0 Å². The van der Waals surface area contributed by atoms with E-state index >= 15 is 0 Å². The van der Waals surface area contributed by atoms with Gasteiger partial charge in [0.15, 0.2) is 0 Å². The van der Waals surface area contributed by atoms with Gasteiger partial charge in [-0.15, -0.1) is 0 Å². The Bertz CT molecular complexity index is 549. The summed E-state index contributed by atoms with van der Waals surface area (Å²) in [7, 11) is 2.15. The Morgan fingerprint density at radius 1 is 1.04 bits per heavy atom. The number of carbonyl (C=O) groups is 2. The molecule has 0 radical (unpaired) electrons. The Balaban J connectivity index is 1.76. The van der Waals surface area contributed by atoms with Crippen molar-refractivity contribution in [1.82, 2.24) is 15.5 Å². The van der Waals surface area contributed by atoms with Crippen LogP contribution in [0.3, 0.4) is 0 Å². The highest BCUT2D eigenvalue weighted by Crippen LogP contribution is 2.17. The molecule has 1 saturated heterocycles. The van der Waals surface area contributed by atoms with Crippen molar-refractivity contribution >= 4 is 17.5 Å². The molecule has 0 spiro atoms. The number of amides is 2. The molecule has 0 aliphatic carbocycles. The van der Waals surface area contributed by atoms with Crippen LogP contribution in [0.2, 0.25) is 0 Å². The summed E-state index contributed by atoms with van der Waals surface area (Å²) in [5.74, 6) is -1.15. The standard InChI is InChI=1S/C18H28N4O2/c1-14(2)20-18(24)17(23)19-9-8-15-4-6-16(7-5-15)22-12-10-21(3)11-13-22/h4-7,14H,8-13H2,1-3H3,(H,19,23)(H,20,24). The first-order valence-corrected chi connectivity index (χ1v) is 8.57. The normalized spacial score (nSPS) is 15.4. The minimum absolute atomic E-state index is 0.0367. The van der Waals surface area contributed by atoms with Crippen molar-refractivity contribution in [3.05, 3.63) is 29.8 Å². The Hall–Kier alpha value is -2.08. The zero-order valence-corrected chi connectivity index (χ0v) is 14.8. The van der Waals surface area contributed by atoms with Gasteiger partial charge in [-0.3, -0.25) is 9.59 Å². The summed E-state index contributed by atoms with van der Waals surface area (Å²) in [6.45, 7) is 8.39. The zero-order valence-electron chi connectivity index (χ0n) is 14.8. The molecule has 1 aromatic carbocycles. The molecule has 6 nitrogen and oxygen atoms in total. The average molecular weight is 332 g/mol. The first kappa shape index (κ1) is 18.3. The average Bonchev–Trinajstić information content (AvgIpc) is 2.55. The monoisotopic (exact) mass is 332 g/mol. The largest absolute Gasteiger partial charge is 0.369 e. The predicted molar refractivity (Wildman–Crippen MR) is 96.1 cm³/mol. The first-order chi connectivity index (χ1) is 11.5. The second kappa shape index (κ2) is 8.68. The second-order valence-corrected chi connectivity index (χ2v) is 6.59. The van der Waals surface area contributed by atoms with Crippen molar-refractivity contribution in [2.75, 3.05) is 44.7 Å². The van der Waals surface area contributed by atoms with E-state index in [9.17, 15) is 9.59 Å². The number of anilines is 1. The van der Waals surface area contributed by atoms with Crippen LogP contribution in [-0.2, 0) is 16.0 Å². The summed E-state index contributed by atoms with van der Waals surface area (Å²) >= 11 is 0. The fourth-order valence-corrected chi connectivity index (χ4v) is 2.67. The third-order valence-corrected chi connectivity index (χ3v) is 4.13. The van der Waals surface area contributed by atoms with Gasteiger partial charge in [0.05, 0.1) is 0 Å². The number of carbonyl (C=O) groups excluding carboxylic acids is 2. The molecule has 6 heteroatoms. The van der Waals surface area contributed by atoms with Crippen LogP contribution >= 0.6 is 0 Å². The lowest BCUT2D eigenvalue weighted by Gasteiger charge is -2.34. The number of nitrogens with one attached hydrogen (secondary N) is 2. The molecule has 2 amide bonds. The maximum atomic E-state index is 11.6. The summed E-state index contributed by atoms with van der Waals surface area (Å²) in [4.78, 5) is 27.9. The van der Waals surface area contributed by atoms with Crippen LogP contribution in [-0.4, -0.2) is 62.5 Å². The van der Waals surface area contributed by atoms with Gasteiger partial charge < -0.3 is 20.4 Å². The van der Waals surface area contributed by atoms with E-state index in [0.29, 0.717) is 13.0 Å². The highest BCUT2D eigenvalue weighted by Gasteiger charge is 2.15. The van der Waals surface area contributed by atoms with Crippen LogP contribution in [0.1, 0.15) is 19.4 Å². The van der Waals surface area contributed by atoms with E-state index in [1.165, 1.54) is 5.69 Å². The quantitative estimate of drug-likeness (QED) is 0.776. The lowest BCUT2D eigenvalue weighted by atomic mass is 10.1. The number of nitrogens with zero attached hydrogens (tertiary/aromatic N) is 2. The minimum Gasteiger partial charge on any atom is -0.369 e. The molecule has 0 unspecified atom stereocenters. The van der Waals surface area contributed by atoms with Gasteiger partial charge in [-0.05, 0) is 45.0 Å². The van der Waals surface area contributed by atoms with Crippen molar-refractivity contribution in [3.63, 3.8) is 0 Å². The molecule has 0 saturated carbocycles. The zero-order chi connectivity index (χ0) is 17.5. The molecule has 2 rings (SSSR count). The SMILES string of the molecule is CC(C)NC(=O)C(=O)NCCc1ccc(N2CCN(C)CC2)cc1. The molecule has 1 heterocycles. The molecule has 1 aliphatic heterocycles.